The maximum Gasteiger partial charge on any atom is 0.0346 e. The summed E-state index contributed by atoms with van der Waals surface area (Å²) in [6.45, 7) is 5.97. The van der Waals surface area contributed by atoms with Crippen molar-refractivity contribution in [1.82, 2.24) is 4.90 Å². The number of benzene rings is 1. The molecule has 1 aliphatic rings. The van der Waals surface area contributed by atoms with Gasteiger partial charge in [0.15, 0.2) is 0 Å². The van der Waals surface area contributed by atoms with Gasteiger partial charge in [-0.15, -0.1) is 0 Å². The summed E-state index contributed by atoms with van der Waals surface area (Å²) >= 11 is 0. The van der Waals surface area contributed by atoms with E-state index in [2.05, 4.69) is 24.0 Å². The van der Waals surface area contributed by atoms with Gasteiger partial charge in [-0.2, -0.15) is 0 Å². The van der Waals surface area contributed by atoms with Crippen LogP contribution < -0.4 is 5.73 Å². The molecule has 0 aromatic heterocycles. The third-order valence-electron chi connectivity index (χ3n) is 4.16. The summed E-state index contributed by atoms with van der Waals surface area (Å²) < 4.78 is 0. The third-order valence-corrected chi connectivity index (χ3v) is 4.16. The summed E-state index contributed by atoms with van der Waals surface area (Å²) in [5, 5.41) is 0. The van der Waals surface area contributed by atoms with Crippen LogP contribution in [0.25, 0.3) is 0 Å². The Bertz CT molecular complexity index is 358. The zero-order valence-electron chi connectivity index (χ0n) is 11.6. The zero-order chi connectivity index (χ0) is 12.8. The molecule has 0 spiro atoms. The summed E-state index contributed by atoms with van der Waals surface area (Å²) in [6.07, 6.45) is 6.66. The second-order valence-corrected chi connectivity index (χ2v) is 5.49. The summed E-state index contributed by atoms with van der Waals surface area (Å²) in [7, 11) is 0. The molecule has 0 unspecified atom stereocenters. The quantitative estimate of drug-likeness (QED) is 0.748. The predicted molar refractivity (Wildman–Crippen MR) is 78.6 cm³/mol. The number of rotatable bonds is 7. The molecule has 0 bridgehead atoms. The van der Waals surface area contributed by atoms with Gasteiger partial charge in [0.05, 0.1) is 0 Å². The number of hydrogen-bond donors (Lipinski definition) is 1. The van der Waals surface area contributed by atoms with E-state index in [1.807, 2.05) is 12.1 Å². The molecule has 18 heavy (non-hydrogen) atoms. The first-order valence-corrected chi connectivity index (χ1v) is 7.35. The molecule has 0 amide bonds. The standard InChI is InChI=1S/C16H26N2/c1-2-18(13-14-7-5-8-14)12-6-10-15-9-3-4-11-16(15)17/h3-4,9,11,14H,2,5-8,10,12-13,17H2,1H3. The number of nitrogens with two attached hydrogens (primary N) is 1. The highest BCUT2D eigenvalue weighted by molar-refractivity contribution is 5.46. The normalized spacial score (nSPS) is 15.9. The van der Waals surface area contributed by atoms with Crippen LogP contribution in [0.5, 0.6) is 0 Å². The molecule has 2 nitrogen and oxygen atoms in total. The van der Waals surface area contributed by atoms with Gasteiger partial charge in [0, 0.05) is 12.2 Å². The lowest BCUT2D eigenvalue weighted by atomic mass is 9.85. The van der Waals surface area contributed by atoms with Crippen molar-refractivity contribution in [2.45, 2.75) is 39.0 Å². The van der Waals surface area contributed by atoms with Crippen molar-refractivity contribution in [2.75, 3.05) is 25.4 Å². The Balaban J connectivity index is 1.71. The summed E-state index contributed by atoms with van der Waals surface area (Å²) in [4.78, 5) is 2.60. The Labute approximate surface area is 111 Å². The molecule has 1 aliphatic carbocycles. The maximum atomic E-state index is 5.97. The van der Waals surface area contributed by atoms with Crippen molar-refractivity contribution in [1.29, 1.82) is 0 Å². The van der Waals surface area contributed by atoms with Crippen LogP contribution >= 0.6 is 0 Å². The number of para-hydroxylation sites is 1. The number of nitrogen functional groups attached to an aromatic ring is 1. The lowest BCUT2D eigenvalue weighted by Crippen LogP contribution is -2.33. The van der Waals surface area contributed by atoms with Gasteiger partial charge < -0.3 is 10.6 Å². The van der Waals surface area contributed by atoms with Crippen LogP contribution in [0, 0.1) is 5.92 Å². The topological polar surface area (TPSA) is 29.3 Å². The van der Waals surface area contributed by atoms with Crippen molar-refractivity contribution < 1.29 is 0 Å². The average Bonchev–Trinajstić information content (AvgIpc) is 2.33. The fourth-order valence-corrected chi connectivity index (χ4v) is 2.67. The fourth-order valence-electron chi connectivity index (χ4n) is 2.67. The van der Waals surface area contributed by atoms with E-state index in [9.17, 15) is 0 Å². The van der Waals surface area contributed by atoms with Gasteiger partial charge >= 0.3 is 0 Å². The van der Waals surface area contributed by atoms with E-state index >= 15 is 0 Å². The van der Waals surface area contributed by atoms with E-state index in [1.165, 1.54) is 50.9 Å². The second kappa shape index (κ2) is 6.79. The van der Waals surface area contributed by atoms with E-state index in [0.717, 1.165) is 18.0 Å². The minimum absolute atomic E-state index is 0.944. The number of hydrogen-bond acceptors (Lipinski definition) is 2. The monoisotopic (exact) mass is 246 g/mol. The van der Waals surface area contributed by atoms with Crippen LogP contribution in [0.4, 0.5) is 5.69 Å². The van der Waals surface area contributed by atoms with Crippen molar-refractivity contribution in [2.24, 2.45) is 5.92 Å². The highest BCUT2D eigenvalue weighted by atomic mass is 15.1. The third kappa shape index (κ3) is 3.74. The SMILES string of the molecule is CCN(CCCc1ccccc1N)CC1CCC1. The molecule has 2 rings (SSSR count). The van der Waals surface area contributed by atoms with Crippen molar-refractivity contribution in [3.05, 3.63) is 29.8 Å². The Morgan fingerprint density at radius 1 is 1.28 bits per heavy atom. The Hall–Kier alpha value is -1.02. The van der Waals surface area contributed by atoms with E-state index in [4.69, 9.17) is 5.73 Å². The molecule has 0 aliphatic heterocycles. The predicted octanol–water partition coefficient (Wildman–Crippen LogP) is 3.32. The van der Waals surface area contributed by atoms with Gasteiger partial charge in [0.2, 0.25) is 0 Å². The molecule has 2 heteroatoms. The van der Waals surface area contributed by atoms with Gasteiger partial charge in [-0.1, -0.05) is 31.5 Å². The molecule has 0 atom stereocenters. The average molecular weight is 246 g/mol. The first-order chi connectivity index (χ1) is 8.79. The molecule has 100 valence electrons. The molecule has 1 aromatic rings. The second-order valence-electron chi connectivity index (χ2n) is 5.49. The number of anilines is 1. The first-order valence-electron chi connectivity index (χ1n) is 7.35. The Morgan fingerprint density at radius 2 is 2.06 bits per heavy atom. The summed E-state index contributed by atoms with van der Waals surface area (Å²) in [6, 6.07) is 8.24. The van der Waals surface area contributed by atoms with Gasteiger partial charge in [0.25, 0.3) is 0 Å². The van der Waals surface area contributed by atoms with Gasteiger partial charge in [-0.3, -0.25) is 0 Å². The van der Waals surface area contributed by atoms with Crippen LogP contribution in [0.3, 0.4) is 0 Å². The molecule has 2 N–H and O–H groups in total. The molecule has 1 saturated carbocycles. The molecule has 0 saturated heterocycles. The van der Waals surface area contributed by atoms with E-state index in [0.29, 0.717) is 0 Å². The van der Waals surface area contributed by atoms with Crippen LogP contribution in [-0.4, -0.2) is 24.5 Å². The van der Waals surface area contributed by atoms with Gasteiger partial charge in [0.1, 0.15) is 0 Å². The molecular weight excluding hydrogens is 220 g/mol. The zero-order valence-corrected chi connectivity index (χ0v) is 11.6. The lowest BCUT2D eigenvalue weighted by molar-refractivity contribution is 0.183. The molecule has 0 radical (unpaired) electrons. The van der Waals surface area contributed by atoms with Crippen molar-refractivity contribution in [3.63, 3.8) is 0 Å². The Kier molecular flexibility index (Phi) is 5.06. The fraction of sp³-hybridized carbons (Fsp3) is 0.625. The van der Waals surface area contributed by atoms with Crippen molar-refractivity contribution >= 4 is 5.69 Å². The Morgan fingerprint density at radius 3 is 2.67 bits per heavy atom. The number of nitrogens with zero attached hydrogens (tertiary/aromatic N) is 1. The smallest absolute Gasteiger partial charge is 0.0346 e. The van der Waals surface area contributed by atoms with E-state index < -0.39 is 0 Å². The van der Waals surface area contributed by atoms with Gasteiger partial charge in [-0.05, 0) is 56.3 Å². The molecular formula is C16H26N2. The largest absolute Gasteiger partial charge is 0.399 e. The minimum atomic E-state index is 0.944. The molecule has 1 fully saturated rings. The highest BCUT2D eigenvalue weighted by Gasteiger charge is 2.19. The van der Waals surface area contributed by atoms with Crippen LogP contribution in [0.15, 0.2) is 24.3 Å². The number of aryl methyl sites for hydroxylation is 1. The minimum Gasteiger partial charge on any atom is -0.399 e. The lowest BCUT2D eigenvalue weighted by Gasteiger charge is -2.31. The van der Waals surface area contributed by atoms with E-state index in [1.54, 1.807) is 0 Å². The van der Waals surface area contributed by atoms with E-state index in [-0.39, 0.29) is 0 Å². The maximum absolute atomic E-state index is 5.97. The van der Waals surface area contributed by atoms with Crippen LogP contribution in [-0.2, 0) is 6.42 Å². The molecule has 1 aromatic carbocycles. The van der Waals surface area contributed by atoms with Crippen LogP contribution in [0.2, 0.25) is 0 Å². The first kappa shape index (κ1) is 13.4. The van der Waals surface area contributed by atoms with Gasteiger partial charge in [-0.25, -0.2) is 0 Å². The van der Waals surface area contributed by atoms with Crippen LogP contribution in [0.1, 0.15) is 38.2 Å². The highest BCUT2D eigenvalue weighted by Crippen LogP contribution is 2.27. The summed E-state index contributed by atoms with van der Waals surface area (Å²) in [5.41, 5.74) is 8.21. The summed E-state index contributed by atoms with van der Waals surface area (Å²) in [5.74, 6) is 0.978. The van der Waals surface area contributed by atoms with Crippen molar-refractivity contribution in [3.8, 4) is 0 Å². The molecule has 0 heterocycles.